The second kappa shape index (κ2) is 5.83. The fourth-order valence-electron chi connectivity index (χ4n) is 2.32. The number of ether oxygens (including phenoxy) is 1. The first-order valence-electron chi connectivity index (χ1n) is 6.76. The molecule has 1 saturated heterocycles. The highest BCUT2D eigenvalue weighted by Crippen LogP contribution is 2.24. The maximum absolute atomic E-state index is 10.3. The molecule has 0 aliphatic carbocycles. The Morgan fingerprint density at radius 1 is 1.33 bits per heavy atom. The van der Waals surface area contributed by atoms with Gasteiger partial charge in [0, 0.05) is 26.1 Å². The third-order valence-corrected chi connectivity index (χ3v) is 3.85. The summed E-state index contributed by atoms with van der Waals surface area (Å²) in [5, 5.41) is 13.7. The van der Waals surface area contributed by atoms with E-state index in [1.165, 1.54) is 11.1 Å². The predicted octanol–water partition coefficient (Wildman–Crippen LogP) is 1.88. The fourth-order valence-corrected chi connectivity index (χ4v) is 2.32. The largest absolute Gasteiger partial charge is 0.386 e. The van der Waals surface area contributed by atoms with Crippen molar-refractivity contribution in [2.75, 3.05) is 13.2 Å². The van der Waals surface area contributed by atoms with Crippen LogP contribution in [0.3, 0.4) is 0 Å². The Morgan fingerprint density at radius 2 is 2.00 bits per heavy atom. The predicted molar refractivity (Wildman–Crippen MR) is 72.5 cm³/mol. The van der Waals surface area contributed by atoms with E-state index in [-0.39, 0.29) is 6.10 Å². The molecule has 0 unspecified atom stereocenters. The summed E-state index contributed by atoms with van der Waals surface area (Å²) < 4.78 is 5.41. The smallest absolute Gasteiger partial charge is 0.105 e. The number of hydrogen-bond acceptors (Lipinski definition) is 3. The van der Waals surface area contributed by atoms with Gasteiger partial charge in [0.05, 0.1) is 6.10 Å². The van der Waals surface area contributed by atoms with Gasteiger partial charge in [-0.1, -0.05) is 31.2 Å². The SMILES string of the molecule is CCc1ccc(CNC[C@]2(O)CCO[C@@H]2C)cc1. The van der Waals surface area contributed by atoms with Crippen LogP contribution in [0.25, 0.3) is 0 Å². The average molecular weight is 249 g/mol. The molecule has 1 heterocycles. The van der Waals surface area contributed by atoms with E-state index in [9.17, 15) is 5.11 Å². The van der Waals surface area contributed by atoms with Crippen molar-refractivity contribution >= 4 is 0 Å². The Hall–Kier alpha value is -0.900. The molecule has 3 heteroatoms. The lowest BCUT2D eigenvalue weighted by molar-refractivity contribution is -0.0262. The lowest BCUT2D eigenvalue weighted by atomic mass is 9.96. The highest BCUT2D eigenvalue weighted by molar-refractivity contribution is 5.22. The van der Waals surface area contributed by atoms with Gasteiger partial charge in [-0.15, -0.1) is 0 Å². The first-order chi connectivity index (χ1) is 8.64. The Kier molecular flexibility index (Phi) is 4.38. The maximum atomic E-state index is 10.3. The zero-order chi connectivity index (χ0) is 13.0. The van der Waals surface area contributed by atoms with Crippen molar-refractivity contribution in [2.45, 2.75) is 44.9 Å². The molecule has 0 radical (unpaired) electrons. The van der Waals surface area contributed by atoms with Crippen molar-refractivity contribution in [1.29, 1.82) is 0 Å². The Morgan fingerprint density at radius 3 is 2.56 bits per heavy atom. The standard InChI is InChI=1S/C15H23NO2/c1-3-13-4-6-14(7-5-13)10-16-11-15(17)8-9-18-12(15)2/h4-7,12,16-17H,3,8-11H2,1-2H3/t12-,15-/m1/s1. The molecule has 1 aromatic rings. The fraction of sp³-hybridized carbons (Fsp3) is 0.600. The van der Waals surface area contributed by atoms with Gasteiger partial charge in [0.15, 0.2) is 0 Å². The summed E-state index contributed by atoms with van der Waals surface area (Å²) in [6.07, 6.45) is 1.71. The second-order valence-electron chi connectivity index (χ2n) is 5.14. The van der Waals surface area contributed by atoms with Gasteiger partial charge < -0.3 is 15.2 Å². The third kappa shape index (κ3) is 3.10. The number of aliphatic hydroxyl groups is 1. The van der Waals surface area contributed by atoms with Gasteiger partial charge in [-0.25, -0.2) is 0 Å². The average Bonchev–Trinajstić information content (AvgIpc) is 2.71. The summed E-state index contributed by atoms with van der Waals surface area (Å²) in [6, 6.07) is 8.61. The van der Waals surface area contributed by atoms with E-state index < -0.39 is 5.60 Å². The Labute approximate surface area is 109 Å². The molecule has 2 N–H and O–H groups in total. The van der Waals surface area contributed by atoms with Crippen molar-refractivity contribution in [1.82, 2.24) is 5.32 Å². The summed E-state index contributed by atoms with van der Waals surface area (Å²) in [7, 11) is 0. The number of hydrogen-bond donors (Lipinski definition) is 2. The summed E-state index contributed by atoms with van der Waals surface area (Å²) in [5.41, 5.74) is 1.90. The molecular formula is C15H23NO2. The first-order valence-corrected chi connectivity index (χ1v) is 6.76. The van der Waals surface area contributed by atoms with Crippen LogP contribution in [-0.4, -0.2) is 30.0 Å². The zero-order valence-electron chi connectivity index (χ0n) is 11.3. The van der Waals surface area contributed by atoms with Gasteiger partial charge in [0.2, 0.25) is 0 Å². The van der Waals surface area contributed by atoms with Crippen molar-refractivity contribution in [3.05, 3.63) is 35.4 Å². The van der Waals surface area contributed by atoms with Gasteiger partial charge in [0.25, 0.3) is 0 Å². The zero-order valence-corrected chi connectivity index (χ0v) is 11.3. The lowest BCUT2D eigenvalue weighted by Crippen LogP contribution is -2.45. The number of nitrogens with one attached hydrogen (secondary N) is 1. The van der Waals surface area contributed by atoms with E-state index in [0.717, 1.165) is 19.4 Å². The molecule has 0 amide bonds. The molecule has 0 bridgehead atoms. The van der Waals surface area contributed by atoms with Crippen LogP contribution >= 0.6 is 0 Å². The molecular weight excluding hydrogens is 226 g/mol. The minimum absolute atomic E-state index is 0.0764. The summed E-state index contributed by atoms with van der Waals surface area (Å²) >= 11 is 0. The van der Waals surface area contributed by atoms with Crippen molar-refractivity contribution < 1.29 is 9.84 Å². The van der Waals surface area contributed by atoms with Gasteiger partial charge in [0.1, 0.15) is 5.60 Å². The summed E-state index contributed by atoms with van der Waals surface area (Å²) in [5.74, 6) is 0. The molecule has 1 aromatic carbocycles. The lowest BCUT2D eigenvalue weighted by Gasteiger charge is -2.26. The Bertz CT molecular complexity index is 377. The van der Waals surface area contributed by atoms with Crippen LogP contribution in [0.2, 0.25) is 0 Å². The molecule has 2 atom stereocenters. The highest BCUT2D eigenvalue weighted by atomic mass is 16.5. The molecule has 1 aliphatic rings. The van der Waals surface area contributed by atoms with E-state index in [4.69, 9.17) is 4.74 Å². The van der Waals surface area contributed by atoms with Crippen LogP contribution in [0.5, 0.6) is 0 Å². The number of benzene rings is 1. The first kappa shape index (κ1) is 13.5. The van der Waals surface area contributed by atoms with Crippen LogP contribution < -0.4 is 5.32 Å². The monoisotopic (exact) mass is 249 g/mol. The van der Waals surface area contributed by atoms with Gasteiger partial charge in [-0.3, -0.25) is 0 Å². The van der Waals surface area contributed by atoms with Gasteiger partial charge >= 0.3 is 0 Å². The van der Waals surface area contributed by atoms with Gasteiger partial charge in [-0.2, -0.15) is 0 Å². The van der Waals surface area contributed by atoms with E-state index >= 15 is 0 Å². The minimum atomic E-state index is -0.705. The molecule has 1 fully saturated rings. The van der Waals surface area contributed by atoms with Crippen LogP contribution in [-0.2, 0) is 17.7 Å². The quantitative estimate of drug-likeness (QED) is 0.837. The van der Waals surface area contributed by atoms with Crippen LogP contribution in [0.1, 0.15) is 31.4 Å². The summed E-state index contributed by atoms with van der Waals surface area (Å²) in [6.45, 7) is 6.13. The molecule has 0 spiro atoms. The maximum Gasteiger partial charge on any atom is 0.105 e. The minimum Gasteiger partial charge on any atom is -0.386 e. The van der Waals surface area contributed by atoms with Crippen LogP contribution in [0, 0.1) is 0 Å². The van der Waals surface area contributed by atoms with E-state index in [2.05, 4.69) is 36.5 Å². The molecule has 0 saturated carbocycles. The van der Waals surface area contributed by atoms with Crippen molar-refractivity contribution in [3.63, 3.8) is 0 Å². The van der Waals surface area contributed by atoms with Crippen molar-refractivity contribution in [3.8, 4) is 0 Å². The van der Waals surface area contributed by atoms with E-state index in [0.29, 0.717) is 13.2 Å². The Balaban J connectivity index is 1.81. The number of rotatable bonds is 5. The molecule has 100 valence electrons. The molecule has 3 nitrogen and oxygen atoms in total. The van der Waals surface area contributed by atoms with E-state index in [1.54, 1.807) is 0 Å². The molecule has 18 heavy (non-hydrogen) atoms. The molecule has 1 aliphatic heterocycles. The highest BCUT2D eigenvalue weighted by Gasteiger charge is 2.38. The molecule has 0 aromatic heterocycles. The van der Waals surface area contributed by atoms with Gasteiger partial charge in [-0.05, 0) is 24.5 Å². The van der Waals surface area contributed by atoms with E-state index in [1.807, 2.05) is 6.92 Å². The second-order valence-corrected chi connectivity index (χ2v) is 5.14. The third-order valence-electron chi connectivity index (χ3n) is 3.85. The topological polar surface area (TPSA) is 41.5 Å². The number of aryl methyl sites for hydroxylation is 1. The van der Waals surface area contributed by atoms with Crippen LogP contribution in [0.4, 0.5) is 0 Å². The normalized spacial score (nSPS) is 27.6. The summed E-state index contributed by atoms with van der Waals surface area (Å²) in [4.78, 5) is 0. The molecule has 2 rings (SSSR count). The van der Waals surface area contributed by atoms with Crippen molar-refractivity contribution in [2.24, 2.45) is 0 Å². The van der Waals surface area contributed by atoms with Crippen LogP contribution in [0.15, 0.2) is 24.3 Å².